The van der Waals surface area contributed by atoms with Crippen LogP contribution in [0.3, 0.4) is 0 Å². The van der Waals surface area contributed by atoms with Gasteiger partial charge in [-0.25, -0.2) is 4.98 Å². The molecule has 2 unspecified atom stereocenters. The summed E-state index contributed by atoms with van der Waals surface area (Å²) in [7, 11) is 2.20. The van der Waals surface area contributed by atoms with Crippen molar-refractivity contribution in [2.45, 2.75) is 46.7 Å². The van der Waals surface area contributed by atoms with Gasteiger partial charge in [0.1, 0.15) is 0 Å². The van der Waals surface area contributed by atoms with Crippen LogP contribution in [0.4, 0.5) is 5.95 Å². The van der Waals surface area contributed by atoms with E-state index in [2.05, 4.69) is 60.7 Å². The van der Waals surface area contributed by atoms with Gasteiger partial charge in [0, 0.05) is 25.3 Å². The SMILES string of the molecule is Cc1cn(CC(C)C)c(NC2CCN(C)CC2C)n1. The first-order valence-corrected chi connectivity index (χ1v) is 7.44. The Balaban J connectivity index is 2.06. The maximum Gasteiger partial charge on any atom is 0.203 e. The molecule has 0 bridgehead atoms. The molecule has 1 aromatic heterocycles. The van der Waals surface area contributed by atoms with Crippen molar-refractivity contribution in [3.63, 3.8) is 0 Å². The predicted octanol–water partition coefficient (Wildman–Crippen LogP) is 2.60. The second-order valence-corrected chi connectivity index (χ2v) is 6.53. The zero-order valence-electron chi connectivity index (χ0n) is 13.0. The molecule has 0 aromatic carbocycles. The molecular formula is C15H28N4. The second-order valence-electron chi connectivity index (χ2n) is 6.53. The van der Waals surface area contributed by atoms with Gasteiger partial charge in [-0.3, -0.25) is 0 Å². The highest BCUT2D eigenvalue weighted by atomic mass is 15.2. The number of imidazole rings is 1. The topological polar surface area (TPSA) is 33.1 Å². The first-order chi connectivity index (χ1) is 8.95. The molecule has 0 amide bonds. The highest BCUT2D eigenvalue weighted by Gasteiger charge is 2.25. The fourth-order valence-corrected chi connectivity index (χ4v) is 2.93. The summed E-state index contributed by atoms with van der Waals surface area (Å²) in [6.45, 7) is 12.3. The van der Waals surface area contributed by atoms with E-state index in [0.717, 1.165) is 18.2 Å². The minimum absolute atomic E-state index is 0.545. The summed E-state index contributed by atoms with van der Waals surface area (Å²) in [6.07, 6.45) is 3.35. The molecular weight excluding hydrogens is 236 g/mol. The Morgan fingerprint density at radius 2 is 2.21 bits per heavy atom. The Bertz CT molecular complexity index is 410. The van der Waals surface area contributed by atoms with Crippen LogP contribution in [0.15, 0.2) is 6.20 Å². The van der Waals surface area contributed by atoms with Gasteiger partial charge >= 0.3 is 0 Å². The summed E-state index contributed by atoms with van der Waals surface area (Å²) >= 11 is 0. The van der Waals surface area contributed by atoms with E-state index in [0.29, 0.717) is 17.9 Å². The van der Waals surface area contributed by atoms with Crippen molar-refractivity contribution in [1.29, 1.82) is 0 Å². The third-order valence-electron chi connectivity index (χ3n) is 3.88. The largest absolute Gasteiger partial charge is 0.353 e. The van der Waals surface area contributed by atoms with Crippen molar-refractivity contribution < 1.29 is 0 Å². The van der Waals surface area contributed by atoms with E-state index >= 15 is 0 Å². The van der Waals surface area contributed by atoms with Crippen LogP contribution < -0.4 is 5.32 Å². The standard InChI is InChI=1S/C15H28N4/c1-11(2)8-19-10-13(4)16-15(19)17-14-6-7-18(5)9-12(14)3/h10-12,14H,6-9H2,1-5H3,(H,16,17). The van der Waals surface area contributed by atoms with Gasteiger partial charge in [-0.15, -0.1) is 0 Å². The summed E-state index contributed by atoms with van der Waals surface area (Å²) in [5, 5.41) is 3.67. The van der Waals surface area contributed by atoms with Crippen LogP contribution in [0.25, 0.3) is 0 Å². The molecule has 4 heteroatoms. The first kappa shape index (κ1) is 14.4. The minimum atomic E-state index is 0.545. The summed E-state index contributed by atoms with van der Waals surface area (Å²) in [5.74, 6) is 2.36. The molecule has 2 heterocycles. The van der Waals surface area contributed by atoms with Crippen molar-refractivity contribution in [1.82, 2.24) is 14.5 Å². The fraction of sp³-hybridized carbons (Fsp3) is 0.800. The van der Waals surface area contributed by atoms with E-state index < -0.39 is 0 Å². The average molecular weight is 264 g/mol. The molecule has 1 saturated heterocycles. The third kappa shape index (κ3) is 3.72. The van der Waals surface area contributed by atoms with E-state index in [1.54, 1.807) is 0 Å². The monoisotopic (exact) mass is 264 g/mol. The van der Waals surface area contributed by atoms with Gasteiger partial charge < -0.3 is 14.8 Å². The van der Waals surface area contributed by atoms with Crippen LogP contribution >= 0.6 is 0 Å². The van der Waals surface area contributed by atoms with Gasteiger partial charge in [0.15, 0.2) is 0 Å². The number of hydrogen-bond acceptors (Lipinski definition) is 3. The van der Waals surface area contributed by atoms with Crippen molar-refractivity contribution in [2.24, 2.45) is 11.8 Å². The molecule has 2 atom stereocenters. The van der Waals surface area contributed by atoms with Crippen molar-refractivity contribution in [3.05, 3.63) is 11.9 Å². The van der Waals surface area contributed by atoms with Gasteiger partial charge in [0.25, 0.3) is 0 Å². The lowest BCUT2D eigenvalue weighted by molar-refractivity contribution is 0.205. The average Bonchev–Trinajstić information content (AvgIpc) is 2.62. The predicted molar refractivity (Wildman–Crippen MR) is 80.5 cm³/mol. The minimum Gasteiger partial charge on any atom is -0.353 e. The number of nitrogens with zero attached hydrogens (tertiary/aromatic N) is 3. The number of aromatic nitrogens is 2. The Morgan fingerprint density at radius 1 is 1.47 bits per heavy atom. The quantitative estimate of drug-likeness (QED) is 0.907. The Labute approximate surface area is 117 Å². The highest BCUT2D eigenvalue weighted by molar-refractivity contribution is 5.31. The fourth-order valence-electron chi connectivity index (χ4n) is 2.93. The van der Waals surface area contributed by atoms with E-state index in [1.165, 1.54) is 19.5 Å². The summed E-state index contributed by atoms with van der Waals surface area (Å²) < 4.78 is 2.27. The molecule has 1 N–H and O–H groups in total. The third-order valence-corrected chi connectivity index (χ3v) is 3.88. The molecule has 1 fully saturated rings. The lowest BCUT2D eigenvalue weighted by Gasteiger charge is -2.35. The Kier molecular flexibility index (Phi) is 4.50. The molecule has 4 nitrogen and oxygen atoms in total. The molecule has 0 aliphatic carbocycles. The van der Waals surface area contributed by atoms with Crippen molar-refractivity contribution in [2.75, 3.05) is 25.5 Å². The number of likely N-dealkylation sites (tertiary alicyclic amines) is 1. The Morgan fingerprint density at radius 3 is 2.84 bits per heavy atom. The molecule has 1 aliphatic rings. The summed E-state index contributed by atoms with van der Waals surface area (Å²) in [6, 6.07) is 0.545. The van der Waals surface area contributed by atoms with E-state index in [9.17, 15) is 0 Å². The first-order valence-electron chi connectivity index (χ1n) is 7.44. The van der Waals surface area contributed by atoms with Gasteiger partial charge in [0.2, 0.25) is 5.95 Å². The number of piperidine rings is 1. The smallest absolute Gasteiger partial charge is 0.203 e. The van der Waals surface area contributed by atoms with E-state index in [4.69, 9.17) is 0 Å². The maximum atomic E-state index is 4.65. The number of nitrogens with one attached hydrogen (secondary N) is 1. The molecule has 0 spiro atoms. The van der Waals surface area contributed by atoms with Gasteiger partial charge in [-0.2, -0.15) is 0 Å². The molecule has 0 radical (unpaired) electrons. The van der Waals surface area contributed by atoms with Gasteiger partial charge in [-0.05, 0) is 38.8 Å². The zero-order chi connectivity index (χ0) is 14.0. The summed E-state index contributed by atoms with van der Waals surface area (Å²) in [4.78, 5) is 7.06. The van der Waals surface area contributed by atoms with Crippen LogP contribution in [0.2, 0.25) is 0 Å². The molecule has 0 saturated carbocycles. The van der Waals surface area contributed by atoms with Crippen LogP contribution in [0.5, 0.6) is 0 Å². The normalized spacial score (nSPS) is 24.9. The van der Waals surface area contributed by atoms with Crippen LogP contribution in [0.1, 0.15) is 32.9 Å². The maximum absolute atomic E-state index is 4.65. The van der Waals surface area contributed by atoms with E-state index in [-0.39, 0.29) is 0 Å². The lowest BCUT2D eigenvalue weighted by atomic mass is 9.94. The van der Waals surface area contributed by atoms with Crippen molar-refractivity contribution >= 4 is 5.95 Å². The Hall–Kier alpha value is -1.03. The van der Waals surface area contributed by atoms with Crippen LogP contribution in [-0.4, -0.2) is 40.6 Å². The van der Waals surface area contributed by atoms with Crippen LogP contribution in [-0.2, 0) is 6.54 Å². The highest BCUT2D eigenvalue weighted by Crippen LogP contribution is 2.21. The number of aryl methyl sites for hydroxylation is 1. The number of anilines is 1. The number of rotatable bonds is 4. The molecule has 108 valence electrons. The molecule has 2 rings (SSSR count). The van der Waals surface area contributed by atoms with Gasteiger partial charge in [-0.1, -0.05) is 20.8 Å². The lowest BCUT2D eigenvalue weighted by Crippen LogP contribution is -2.43. The van der Waals surface area contributed by atoms with Crippen LogP contribution in [0, 0.1) is 18.8 Å². The molecule has 19 heavy (non-hydrogen) atoms. The molecule has 1 aromatic rings. The number of hydrogen-bond donors (Lipinski definition) is 1. The van der Waals surface area contributed by atoms with Gasteiger partial charge in [0.05, 0.1) is 5.69 Å². The molecule has 1 aliphatic heterocycles. The second kappa shape index (κ2) is 5.95. The van der Waals surface area contributed by atoms with E-state index in [1.807, 2.05) is 0 Å². The zero-order valence-corrected chi connectivity index (χ0v) is 13.0. The summed E-state index contributed by atoms with van der Waals surface area (Å²) in [5.41, 5.74) is 1.10. The van der Waals surface area contributed by atoms with Crippen molar-refractivity contribution in [3.8, 4) is 0 Å².